The van der Waals surface area contributed by atoms with Crippen molar-refractivity contribution in [2.45, 2.75) is 20.0 Å². The van der Waals surface area contributed by atoms with Crippen molar-refractivity contribution in [1.29, 1.82) is 0 Å². The normalized spacial score (nSPS) is 20.9. The summed E-state index contributed by atoms with van der Waals surface area (Å²) in [5.41, 5.74) is 0.617. The van der Waals surface area contributed by atoms with E-state index in [2.05, 4.69) is 21.8 Å². The molecule has 1 aromatic rings. The molecule has 0 saturated carbocycles. The first kappa shape index (κ1) is 12.9. The van der Waals surface area contributed by atoms with Gasteiger partial charge in [-0.2, -0.15) is 0 Å². The SMILES string of the molecule is CCN1CCOC(c2ncc(C(=O)O)c(C)n2)C1. The fourth-order valence-corrected chi connectivity index (χ4v) is 2.00. The average Bonchev–Trinajstić information content (AvgIpc) is 2.38. The van der Waals surface area contributed by atoms with Gasteiger partial charge in [-0.1, -0.05) is 6.92 Å². The zero-order valence-corrected chi connectivity index (χ0v) is 10.6. The number of carbonyl (C=O) groups is 1. The van der Waals surface area contributed by atoms with Gasteiger partial charge in [0.15, 0.2) is 5.82 Å². The van der Waals surface area contributed by atoms with Crippen molar-refractivity contribution >= 4 is 5.97 Å². The molecule has 0 bridgehead atoms. The number of hydrogen-bond donors (Lipinski definition) is 1. The minimum Gasteiger partial charge on any atom is -0.478 e. The minimum atomic E-state index is -1.00. The Kier molecular flexibility index (Phi) is 3.88. The zero-order valence-electron chi connectivity index (χ0n) is 10.6. The van der Waals surface area contributed by atoms with Crippen molar-refractivity contribution in [2.75, 3.05) is 26.2 Å². The van der Waals surface area contributed by atoms with Crippen molar-refractivity contribution in [1.82, 2.24) is 14.9 Å². The summed E-state index contributed by atoms with van der Waals surface area (Å²) in [5.74, 6) is -0.436. The predicted octanol–water partition coefficient (Wildman–Crippen LogP) is 0.876. The van der Waals surface area contributed by atoms with Gasteiger partial charge in [0.1, 0.15) is 6.10 Å². The second kappa shape index (κ2) is 5.41. The van der Waals surface area contributed by atoms with Gasteiger partial charge < -0.3 is 9.84 Å². The zero-order chi connectivity index (χ0) is 13.1. The Labute approximate surface area is 106 Å². The summed E-state index contributed by atoms with van der Waals surface area (Å²) in [5, 5.41) is 8.93. The molecule has 6 nitrogen and oxygen atoms in total. The van der Waals surface area contributed by atoms with E-state index in [9.17, 15) is 4.79 Å². The molecule has 0 spiro atoms. The molecule has 1 aromatic heterocycles. The number of ether oxygens (including phenoxy) is 1. The summed E-state index contributed by atoms with van der Waals surface area (Å²) in [6, 6.07) is 0. The summed E-state index contributed by atoms with van der Waals surface area (Å²) >= 11 is 0. The van der Waals surface area contributed by atoms with Crippen LogP contribution in [0.25, 0.3) is 0 Å². The van der Waals surface area contributed by atoms with Gasteiger partial charge >= 0.3 is 5.97 Å². The third-order valence-corrected chi connectivity index (χ3v) is 3.11. The van der Waals surface area contributed by atoms with Crippen LogP contribution in [0.3, 0.4) is 0 Å². The van der Waals surface area contributed by atoms with Crippen LogP contribution in [0.4, 0.5) is 0 Å². The molecule has 18 heavy (non-hydrogen) atoms. The van der Waals surface area contributed by atoms with Crippen molar-refractivity contribution in [3.05, 3.63) is 23.3 Å². The van der Waals surface area contributed by atoms with Crippen LogP contribution >= 0.6 is 0 Å². The molecule has 2 heterocycles. The number of morpholine rings is 1. The van der Waals surface area contributed by atoms with Gasteiger partial charge in [-0.3, -0.25) is 4.90 Å². The smallest absolute Gasteiger partial charge is 0.339 e. The monoisotopic (exact) mass is 251 g/mol. The van der Waals surface area contributed by atoms with Gasteiger partial charge in [0.05, 0.1) is 17.9 Å². The van der Waals surface area contributed by atoms with Crippen LogP contribution in [-0.2, 0) is 4.74 Å². The molecule has 1 fully saturated rings. The molecule has 1 aliphatic rings. The number of aryl methyl sites for hydroxylation is 1. The first-order chi connectivity index (χ1) is 8.61. The van der Waals surface area contributed by atoms with Gasteiger partial charge in [-0.05, 0) is 13.5 Å². The molecule has 2 rings (SSSR count). The van der Waals surface area contributed by atoms with E-state index >= 15 is 0 Å². The lowest BCUT2D eigenvalue weighted by Crippen LogP contribution is -2.38. The van der Waals surface area contributed by atoms with E-state index < -0.39 is 5.97 Å². The number of carboxylic acid groups (broad SMARTS) is 1. The van der Waals surface area contributed by atoms with Crippen LogP contribution in [0.5, 0.6) is 0 Å². The maximum Gasteiger partial charge on any atom is 0.339 e. The average molecular weight is 251 g/mol. The Morgan fingerprint density at radius 1 is 1.67 bits per heavy atom. The van der Waals surface area contributed by atoms with E-state index in [1.54, 1.807) is 6.92 Å². The Hall–Kier alpha value is -1.53. The molecule has 1 aliphatic heterocycles. The van der Waals surface area contributed by atoms with E-state index in [-0.39, 0.29) is 11.7 Å². The first-order valence-corrected chi connectivity index (χ1v) is 6.02. The molecular weight excluding hydrogens is 234 g/mol. The fourth-order valence-electron chi connectivity index (χ4n) is 2.00. The van der Waals surface area contributed by atoms with E-state index in [0.29, 0.717) is 18.1 Å². The maximum absolute atomic E-state index is 10.9. The van der Waals surface area contributed by atoms with Crippen molar-refractivity contribution in [3.63, 3.8) is 0 Å². The third-order valence-electron chi connectivity index (χ3n) is 3.11. The molecular formula is C12H17N3O3. The number of aromatic carboxylic acids is 1. The molecule has 98 valence electrons. The van der Waals surface area contributed by atoms with Crippen LogP contribution in [-0.4, -0.2) is 52.2 Å². The topological polar surface area (TPSA) is 75.5 Å². The van der Waals surface area contributed by atoms with Crippen molar-refractivity contribution in [2.24, 2.45) is 0 Å². The molecule has 1 atom stereocenters. The number of nitrogens with zero attached hydrogens (tertiary/aromatic N) is 3. The highest BCUT2D eigenvalue weighted by molar-refractivity contribution is 5.88. The second-order valence-electron chi connectivity index (χ2n) is 4.29. The Morgan fingerprint density at radius 2 is 2.44 bits per heavy atom. The van der Waals surface area contributed by atoms with Gasteiger partial charge in [-0.15, -0.1) is 0 Å². The van der Waals surface area contributed by atoms with Gasteiger partial charge in [-0.25, -0.2) is 14.8 Å². The Morgan fingerprint density at radius 3 is 3.06 bits per heavy atom. The highest BCUT2D eigenvalue weighted by Gasteiger charge is 2.24. The lowest BCUT2D eigenvalue weighted by Gasteiger charge is -2.31. The Bertz CT molecular complexity index is 450. The highest BCUT2D eigenvalue weighted by atomic mass is 16.5. The van der Waals surface area contributed by atoms with Gasteiger partial charge in [0, 0.05) is 19.3 Å². The minimum absolute atomic E-state index is 0.141. The molecule has 0 aromatic carbocycles. The molecule has 6 heteroatoms. The molecule has 0 amide bonds. The largest absolute Gasteiger partial charge is 0.478 e. The van der Waals surface area contributed by atoms with Crippen LogP contribution in [0, 0.1) is 6.92 Å². The van der Waals surface area contributed by atoms with Crippen LogP contribution in [0.1, 0.15) is 34.9 Å². The van der Waals surface area contributed by atoms with Gasteiger partial charge in [0.2, 0.25) is 0 Å². The Balaban J connectivity index is 2.18. The lowest BCUT2D eigenvalue weighted by molar-refractivity contribution is -0.0326. The third kappa shape index (κ3) is 2.65. The van der Waals surface area contributed by atoms with Crippen LogP contribution in [0.2, 0.25) is 0 Å². The lowest BCUT2D eigenvalue weighted by atomic mass is 10.2. The first-order valence-electron chi connectivity index (χ1n) is 6.02. The van der Waals surface area contributed by atoms with Crippen LogP contribution < -0.4 is 0 Å². The highest BCUT2D eigenvalue weighted by Crippen LogP contribution is 2.19. The second-order valence-corrected chi connectivity index (χ2v) is 4.29. The van der Waals surface area contributed by atoms with E-state index in [1.807, 2.05) is 0 Å². The number of likely N-dealkylation sites (N-methyl/N-ethyl adjacent to an activating group) is 1. The predicted molar refractivity (Wildman–Crippen MR) is 64.5 cm³/mol. The van der Waals surface area contributed by atoms with E-state index in [4.69, 9.17) is 9.84 Å². The summed E-state index contributed by atoms with van der Waals surface area (Å²) in [6.07, 6.45) is 1.19. The van der Waals surface area contributed by atoms with Gasteiger partial charge in [0.25, 0.3) is 0 Å². The van der Waals surface area contributed by atoms with E-state index in [1.165, 1.54) is 6.20 Å². The maximum atomic E-state index is 10.9. The number of hydrogen-bond acceptors (Lipinski definition) is 5. The summed E-state index contributed by atoms with van der Waals surface area (Å²) in [7, 11) is 0. The summed E-state index contributed by atoms with van der Waals surface area (Å²) in [6.45, 7) is 7.06. The van der Waals surface area contributed by atoms with Crippen LogP contribution in [0.15, 0.2) is 6.20 Å². The molecule has 1 N–H and O–H groups in total. The van der Waals surface area contributed by atoms with Crippen molar-refractivity contribution < 1.29 is 14.6 Å². The quantitative estimate of drug-likeness (QED) is 0.859. The molecule has 1 unspecified atom stereocenters. The fraction of sp³-hybridized carbons (Fsp3) is 0.583. The number of rotatable bonds is 3. The standard InChI is InChI=1S/C12H17N3O3/c1-3-15-4-5-18-10(7-15)11-13-6-9(12(16)17)8(2)14-11/h6,10H,3-5,7H2,1-2H3,(H,16,17). The summed E-state index contributed by atoms with van der Waals surface area (Å²) < 4.78 is 5.64. The number of carboxylic acids is 1. The van der Waals surface area contributed by atoms with E-state index in [0.717, 1.165) is 19.6 Å². The molecule has 0 aliphatic carbocycles. The summed E-state index contributed by atoms with van der Waals surface area (Å²) in [4.78, 5) is 21.5. The molecule has 0 radical (unpaired) electrons. The molecule has 1 saturated heterocycles. The van der Waals surface area contributed by atoms with Crippen molar-refractivity contribution in [3.8, 4) is 0 Å². The number of aromatic nitrogens is 2.